The Balaban J connectivity index is 1.44. The van der Waals surface area contributed by atoms with Crippen molar-refractivity contribution in [3.05, 3.63) is 70.0 Å². The molecule has 4 aromatic rings. The molecule has 16 heteroatoms. The number of carbonyl (C=O) groups excluding carboxylic acids is 2. The number of aromatic nitrogens is 5. The number of nitrogen functional groups attached to an aromatic ring is 1. The van der Waals surface area contributed by atoms with Crippen LogP contribution in [0.4, 0.5) is 27.8 Å². The highest BCUT2D eigenvalue weighted by atomic mass is 35.5. The maximum absolute atomic E-state index is 15.1. The van der Waals surface area contributed by atoms with Gasteiger partial charge in [-0.15, -0.1) is 10.2 Å². The number of aryl methyl sites for hydroxylation is 1. The van der Waals surface area contributed by atoms with Crippen molar-refractivity contribution in [3.63, 3.8) is 0 Å². The van der Waals surface area contributed by atoms with Crippen molar-refractivity contribution in [2.24, 2.45) is 0 Å². The van der Waals surface area contributed by atoms with Crippen molar-refractivity contribution < 1.29 is 31.5 Å². The molecule has 1 fully saturated rings. The Labute approximate surface area is 226 Å². The molecule has 0 unspecified atom stereocenters. The van der Waals surface area contributed by atoms with E-state index in [0.717, 1.165) is 27.9 Å². The first-order chi connectivity index (χ1) is 18.8. The van der Waals surface area contributed by atoms with Crippen LogP contribution in [0.3, 0.4) is 0 Å². The number of likely N-dealkylation sites (tertiary alicyclic amines) is 1. The number of hydrogen-bond acceptors (Lipinski definition) is 7. The molecule has 10 nitrogen and oxygen atoms in total. The first-order valence-corrected chi connectivity index (χ1v) is 12.0. The van der Waals surface area contributed by atoms with E-state index in [0.29, 0.717) is 6.07 Å². The number of anilines is 1. The summed E-state index contributed by atoms with van der Waals surface area (Å²) in [7, 11) is 0. The van der Waals surface area contributed by atoms with Crippen molar-refractivity contribution >= 4 is 34.7 Å². The van der Waals surface area contributed by atoms with Gasteiger partial charge in [0.15, 0.2) is 16.7 Å². The van der Waals surface area contributed by atoms with Crippen LogP contribution in [-0.2, 0) is 6.18 Å². The maximum atomic E-state index is 15.1. The molecule has 0 aliphatic carbocycles. The molecule has 40 heavy (non-hydrogen) atoms. The van der Waals surface area contributed by atoms with Gasteiger partial charge >= 0.3 is 6.18 Å². The van der Waals surface area contributed by atoms with E-state index < -0.39 is 52.9 Å². The molecule has 1 aliphatic heterocycles. The second kappa shape index (κ2) is 9.97. The van der Waals surface area contributed by atoms with Gasteiger partial charge in [0.2, 0.25) is 0 Å². The monoisotopic (exact) mass is 580 g/mol. The van der Waals surface area contributed by atoms with Crippen molar-refractivity contribution in [2.45, 2.75) is 25.3 Å². The van der Waals surface area contributed by atoms with E-state index >= 15 is 4.39 Å². The zero-order chi connectivity index (χ0) is 28.9. The highest BCUT2D eigenvalue weighted by Crippen LogP contribution is 2.39. The van der Waals surface area contributed by atoms with Crippen molar-refractivity contribution in [1.82, 2.24) is 35.0 Å². The van der Waals surface area contributed by atoms with Gasteiger partial charge in [-0.2, -0.15) is 18.3 Å². The third kappa shape index (κ3) is 4.87. The summed E-state index contributed by atoms with van der Waals surface area (Å²) in [6.07, 6.45) is -5.59. The predicted molar refractivity (Wildman–Crippen MR) is 132 cm³/mol. The molecule has 0 saturated carbocycles. The normalized spacial score (nSPS) is 17.4. The molecule has 2 atom stereocenters. The summed E-state index contributed by atoms with van der Waals surface area (Å²) in [5, 5.41) is 13.6. The lowest BCUT2D eigenvalue weighted by molar-refractivity contribution is -0.136. The van der Waals surface area contributed by atoms with Gasteiger partial charge in [0.25, 0.3) is 11.8 Å². The molecule has 1 aliphatic rings. The molecule has 0 spiro atoms. The van der Waals surface area contributed by atoms with Gasteiger partial charge in [-0.1, -0.05) is 11.6 Å². The summed E-state index contributed by atoms with van der Waals surface area (Å²) < 4.78 is 71.9. The van der Waals surface area contributed by atoms with Crippen LogP contribution < -0.4 is 11.1 Å². The fourth-order valence-corrected chi connectivity index (χ4v) is 4.59. The second-order valence-corrected chi connectivity index (χ2v) is 9.43. The van der Waals surface area contributed by atoms with Gasteiger partial charge in [0.1, 0.15) is 23.8 Å². The van der Waals surface area contributed by atoms with Crippen LogP contribution in [0.1, 0.15) is 32.0 Å². The van der Waals surface area contributed by atoms with E-state index in [9.17, 15) is 27.2 Å². The van der Waals surface area contributed by atoms with Crippen LogP contribution in [0.15, 0.2) is 36.7 Å². The number of halogens is 6. The summed E-state index contributed by atoms with van der Waals surface area (Å²) in [5.74, 6) is -2.84. The molecule has 3 aromatic heterocycles. The molecule has 208 valence electrons. The molecule has 1 saturated heterocycles. The van der Waals surface area contributed by atoms with Crippen molar-refractivity contribution in [3.8, 4) is 11.3 Å². The zero-order valence-corrected chi connectivity index (χ0v) is 21.1. The molecule has 0 radical (unpaired) electrons. The van der Waals surface area contributed by atoms with Gasteiger partial charge < -0.3 is 16.0 Å². The molecule has 1 aromatic carbocycles. The number of hydrogen-bond donors (Lipinski definition) is 2. The van der Waals surface area contributed by atoms with Crippen molar-refractivity contribution in [1.29, 1.82) is 0 Å². The largest absolute Gasteiger partial charge is 0.418 e. The fourth-order valence-electron chi connectivity index (χ4n) is 4.49. The number of fused-ring (bicyclic) bond motifs is 1. The van der Waals surface area contributed by atoms with E-state index in [1.54, 1.807) is 0 Å². The van der Waals surface area contributed by atoms with Gasteiger partial charge in [-0.25, -0.2) is 18.3 Å². The van der Waals surface area contributed by atoms with Crippen LogP contribution in [0.5, 0.6) is 0 Å². The Kier molecular flexibility index (Phi) is 6.77. The van der Waals surface area contributed by atoms with Gasteiger partial charge in [0, 0.05) is 17.7 Å². The van der Waals surface area contributed by atoms with Gasteiger partial charge in [-0.3, -0.25) is 9.59 Å². The summed E-state index contributed by atoms with van der Waals surface area (Å²) in [6.45, 7) is 0.882. The highest BCUT2D eigenvalue weighted by molar-refractivity contribution is 6.29. The van der Waals surface area contributed by atoms with E-state index in [4.69, 9.17) is 17.3 Å². The predicted octanol–water partition coefficient (Wildman–Crippen LogP) is 3.48. The third-order valence-corrected chi connectivity index (χ3v) is 6.63. The van der Waals surface area contributed by atoms with E-state index in [2.05, 4.69) is 25.6 Å². The molecule has 0 bridgehead atoms. The Bertz CT molecular complexity index is 1640. The van der Waals surface area contributed by atoms with Crippen molar-refractivity contribution in [2.75, 3.05) is 18.8 Å². The first kappa shape index (κ1) is 27.2. The Morgan fingerprint density at radius 2 is 1.90 bits per heavy atom. The Morgan fingerprint density at radius 1 is 1.15 bits per heavy atom. The first-order valence-electron chi connectivity index (χ1n) is 11.6. The lowest BCUT2D eigenvalue weighted by Crippen LogP contribution is -2.42. The molecule has 4 heterocycles. The number of nitrogens with one attached hydrogen (secondary N) is 1. The van der Waals surface area contributed by atoms with E-state index in [-0.39, 0.29) is 46.3 Å². The number of alkyl halides is 4. The second-order valence-electron chi connectivity index (χ2n) is 9.04. The lowest BCUT2D eigenvalue weighted by atomic mass is 10.0. The number of carbonyl (C=O) groups is 2. The molecular formula is C24H18ClF5N8O2. The molecule has 2 amide bonds. The van der Waals surface area contributed by atoms with Gasteiger partial charge in [0.05, 0.1) is 23.8 Å². The zero-order valence-electron chi connectivity index (χ0n) is 20.4. The standard InChI is InChI=1S/C24H18ClF5N8O2/c1-10-4-14(26)12(18-6-13(24(28,29)30)20-21(31)32-9-33-38(18)20)5-11(10)22(39)34-17-8-37(7-15(17)27)23(40)16-2-3-19(25)36-35-16/h2-6,9,15,17H,7-8H2,1H3,(H,34,39)(H2,31,32,33)/t15-,17+/m0/s1. The summed E-state index contributed by atoms with van der Waals surface area (Å²) >= 11 is 5.67. The topological polar surface area (TPSA) is 131 Å². The SMILES string of the molecule is Cc1cc(F)c(-c2cc(C(F)(F)F)c3c(N)ncnn23)cc1C(=O)N[C@@H]1CN(C(=O)c2ccc(Cl)nn2)C[C@@H]1F. The van der Waals surface area contributed by atoms with Crippen LogP contribution in [0.2, 0.25) is 5.15 Å². The summed E-state index contributed by atoms with van der Waals surface area (Å²) in [4.78, 5) is 30.5. The summed E-state index contributed by atoms with van der Waals surface area (Å²) in [5.41, 5.74) is 3.15. The fraction of sp³-hybridized carbons (Fsp3) is 0.250. The minimum absolute atomic E-state index is 0.0651. The highest BCUT2D eigenvalue weighted by Gasteiger charge is 2.39. The summed E-state index contributed by atoms with van der Waals surface area (Å²) in [6, 6.07) is 4.24. The number of nitrogens with two attached hydrogens (primary N) is 1. The number of rotatable bonds is 4. The molecule has 3 N–H and O–H groups in total. The van der Waals surface area contributed by atoms with E-state index in [1.165, 1.54) is 19.1 Å². The molecular weight excluding hydrogens is 563 g/mol. The third-order valence-electron chi connectivity index (χ3n) is 6.43. The maximum Gasteiger partial charge on any atom is 0.418 e. The van der Waals surface area contributed by atoms with Crippen LogP contribution in [-0.4, -0.2) is 66.8 Å². The average molecular weight is 581 g/mol. The van der Waals surface area contributed by atoms with Crippen LogP contribution in [0, 0.1) is 12.7 Å². The number of nitrogens with zero attached hydrogens (tertiary/aromatic N) is 6. The minimum atomic E-state index is -4.86. The number of amides is 2. The smallest absolute Gasteiger partial charge is 0.382 e. The quantitative estimate of drug-likeness (QED) is 0.353. The van der Waals surface area contributed by atoms with Crippen LogP contribution >= 0.6 is 11.6 Å². The molecule has 5 rings (SSSR count). The lowest BCUT2D eigenvalue weighted by Gasteiger charge is -2.17. The Morgan fingerprint density at radius 3 is 2.58 bits per heavy atom. The number of benzene rings is 1. The Hall–Kier alpha value is -4.40. The average Bonchev–Trinajstić information content (AvgIpc) is 3.46. The van der Waals surface area contributed by atoms with Gasteiger partial charge in [-0.05, 0) is 42.8 Å². The minimum Gasteiger partial charge on any atom is -0.382 e. The van der Waals surface area contributed by atoms with Crippen LogP contribution in [0.25, 0.3) is 16.8 Å². The van der Waals surface area contributed by atoms with E-state index in [1.807, 2.05) is 0 Å².